The molecule has 0 heterocycles. The van der Waals surface area contributed by atoms with Crippen LogP contribution in [0, 0.1) is 0 Å². The van der Waals surface area contributed by atoms with Gasteiger partial charge in [0.05, 0.1) is 0 Å². The van der Waals surface area contributed by atoms with Gasteiger partial charge in [-0.05, 0) is 50.2 Å². The van der Waals surface area contributed by atoms with Crippen molar-refractivity contribution in [2.24, 2.45) is 0 Å². The standard InChI is InChI=1S/C15H25BrN2/c1-4-8-17-11-13-6-7-14(15(16)10-13)12-18(3)9-5-2/h6-7,10,17H,4-5,8-9,11-12H2,1-3H3. The van der Waals surface area contributed by atoms with Crippen LogP contribution in [0.1, 0.15) is 37.8 Å². The summed E-state index contributed by atoms with van der Waals surface area (Å²) in [5, 5.41) is 3.43. The van der Waals surface area contributed by atoms with Gasteiger partial charge in [0.1, 0.15) is 0 Å². The first-order valence-corrected chi connectivity index (χ1v) is 7.63. The minimum absolute atomic E-state index is 0.956. The molecule has 0 aliphatic heterocycles. The molecular formula is C15H25BrN2. The predicted octanol–water partition coefficient (Wildman–Crippen LogP) is 3.79. The molecule has 0 atom stereocenters. The average molecular weight is 313 g/mol. The van der Waals surface area contributed by atoms with Crippen molar-refractivity contribution in [2.75, 3.05) is 20.1 Å². The van der Waals surface area contributed by atoms with E-state index in [9.17, 15) is 0 Å². The third kappa shape index (κ3) is 5.51. The third-order valence-electron chi connectivity index (χ3n) is 2.92. The molecule has 0 unspecified atom stereocenters. The summed E-state index contributed by atoms with van der Waals surface area (Å²) in [6.45, 7) is 8.60. The fourth-order valence-electron chi connectivity index (χ4n) is 1.99. The van der Waals surface area contributed by atoms with Gasteiger partial charge in [-0.1, -0.05) is 41.9 Å². The highest BCUT2D eigenvalue weighted by Gasteiger charge is 2.04. The van der Waals surface area contributed by atoms with Gasteiger partial charge >= 0.3 is 0 Å². The Morgan fingerprint density at radius 2 is 2.00 bits per heavy atom. The van der Waals surface area contributed by atoms with Crippen molar-refractivity contribution in [3.8, 4) is 0 Å². The maximum atomic E-state index is 3.68. The van der Waals surface area contributed by atoms with Crippen LogP contribution in [0.3, 0.4) is 0 Å². The Hall–Kier alpha value is -0.380. The highest BCUT2D eigenvalue weighted by atomic mass is 79.9. The molecule has 0 aromatic heterocycles. The number of benzene rings is 1. The number of hydrogen-bond donors (Lipinski definition) is 1. The van der Waals surface area contributed by atoms with Crippen LogP contribution in [-0.2, 0) is 13.1 Å². The van der Waals surface area contributed by atoms with Gasteiger partial charge in [-0.3, -0.25) is 0 Å². The van der Waals surface area contributed by atoms with Crippen molar-refractivity contribution in [1.29, 1.82) is 0 Å². The molecule has 1 rings (SSSR count). The van der Waals surface area contributed by atoms with E-state index in [4.69, 9.17) is 0 Å². The van der Waals surface area contributed by atoms with Gasteiger partial charge in [-0.15, -0.1) is 0 Å². The van der Waals surface area contributed by atoms with Crippen molar-refractivity contribution in [1.82, 2.24) is 10.2 Å². The van der Waals surface area contributed by atoms with E-state index in [1.807, 2.05) is 0 Å². The van der Waals surface area contributed by atoms with Crippen molar-refractivity contribution in [3.05, 3.63) is 33.8 Å². The van der Waals surface area contributed by atoms with Crippen molar-refractivity contribution >= 4 is 15.9 Å². The van der Waals surface area contributed by atoms with Crippen LogP contribution in [0.15, 0.2) is 22.7 Å². The lowest BCUT2D eigenvalue weighted by Crippen LogP contribution is -2.19. The van der Waals surface area contributed by atoms with E-state index in [-0.39, 0.29) is 0 Å². The molecule has 18 heavy (non-hydrogen) atoms. The zero-order chi connectivity index (χ0) is 13.4. The second kappa shape index (κ2) is 8.68. The zero-order valence-electron chi connectivity index (χ0n) is 11.8. The molecule has 0 saturated heterocycles. The molecule has 0 radical (unpaired) electrons. The molecule has 0 spiro atoms. The van der Waals surface area contributed by atoms with Gasteiger partial charge in [-0.25, -0.2) is 0 Å². The number of nitrogens with zero attached hydrogens (tertiary/aromatic N) is 1. The molecule has 0 amide bonds. The summed E-state index contributed by atoms with van der Waals surface area (Å²) in [6, 6.07) is 6.69. The van der Waals surface area contributed by atoms with Crippen molar-refractivity contribution < 1.29 is 0 Å². The highest BCUT2D eigenvalue weighted by molar-refractivity contribution is 9.10. The largest absolute Gasteiger partial charge is 0.313 e. The second-order valence-electron chi connectivity index (χ2n) is 4.84. The Morgan fingerprint density at radius 1 is 1.22 bits per heavy atom. The molecule has 1 N–H and O–H groups in total. The first-order chi connectivity index (χ1) is 8.67. The lowest BCUT2D eigenvalue weighted by molar-refractivity contribution is 0.327. The quantitative estimate of drug-likeness (QED) is 0.735. The fourth-order valence-corrected chi connectivity index (χ4v) is 2.54. The summed E-state index contributed by atoms with van der Waals surface area (Å²) >= 11 is 3.68. The minimum Gasteiger partial charge on any atom is -0.313 e. The van der Waals surface area contributed by atoms with E-state index in [0.717, 1.165) is 26.2 Å². The summed E-state index contributed by atoms with van der Waals surface area (Å²) in [7, 11) is 2.17. The summed E-state index contributed by atoms with van der Waals surface area (Å²) in [6.07, 6.45) is 2.38. The summed E-state index contributed by atoms with van der Waals surface area (Å²) in [5.74, 6) is 0. The molecule has 102 valence electrons. The van der Waals surface area contributed by atoms with Gasteiger partial charge in [0, 0.05) is 17.6 Å². The Kier molecular flexibility index (Phi) is 7.56. The van der Waals surface area contributed by atoms with E-state index in [0.29, 0.717) is 0 Å². The minimum atomic E-state index is 0.956. The van der Waals surface area contributed by atoms with Gasteiger partial charge in [0.2, 0.25) is 0 Å². The van der Waals surface area contributed by atoms with Crippen molar-refractivity contribution in [2.45, 2.75) is 39.8 Å². The van der Waals surface area contributed by atoms with E-state index in [1.54, 1.807) is 0 Å². The van der Waals surface area contributed by atoms with E-state index < -0.39 is 0 Å². The average Bonchev–Trinajstić information content (AvgIpc) is 2.33. The number of halogens is 1. The lowest BCUT2D eigenvalue weighted by Gasteiger charge is -2.17. The smallest absolute Gasteiger partial charge is 0.0241 e. The number of hydrogen-bond acceptors (Lipinski definition) is 2. The van der Waals surface area contributed by atoms with Crippen LogP contribution in [0.4, 0.5) is 0 Å². The second-order valence-corrected chi connectivity index (χ2v) is 5.69. The van der Waals surface area contributed by atoms with Gasteiger partial charge in [-0.2, -0.15) is 0 Å². The van der Waals surface area contributed by atoms with Crippen LogP contribution in [0.2, 0.25) is 0 Å². The van der Waals surface area contributed by atoms with E-state index >= 15 is 0 Å². The molecule has 0 aliphatic rings. The SMILES string of the molecule is CCCNCc1ccc(CN(C)CCC)c(Br)c1. The summed E-state index contributed by atoms with van der Waals surface area (Å²) in [5.41, 5.74) is 2.71. The first kappa shape index (κ1) is 15.7. The Balaban J connectivity index is 2.56. The van der Waals surface area contributed by atoms with Gasteiger partial charge in [0.15, 0.2) is 0 Å². The monoisotopic (exact) mass is 312 g/mol. The Morgan fingerprint density at radius 3 is 2.61 bits per heavy atom. The van der Waals surface area contributed by atoms with E-state index in [1.165, 1.54) is 28.4 Å². The highest BCUT2D eigenvalue weighted by Crippen LogP contribution is 2.20. The summed E-state index contributed by atoms with van der Waals surface area (Å²) in [4.78, 5) is 2.36. The Bertz CT molecular complexity index is 352. The third-order valence-corrected chi connectivity index (χ3v) is 3.66. The van der Waals surface area contributed by atoms with Crippen LogP contribution in [-0.4, -0.2) is 25.0 Å². The lowest BCUT2D eigenvalue weighted by atomic mass is 10.1. The molecule has 0 saturated carbocycles. The van der Waals surface area contributed by atoms with Crippen LogP contribution < -0.4 is 5.32 Å². The molecule has 0 aliphatic carbocycles. The molecule has 0 fully saturated rings. The fraction of sp³-hybridized carbons (Fsp3) is 0.600. The van der Waals surface area contributed by atoms with Gasteiger partial charge < -0.3 is 10.2 Å². The maximum Gasteiger partial charge on any atom is 0.0241 e. The van der Waals surface area contributed by atoms with Crippen LogP contribution in [0.25, 0.3) is 0 Å². The molecule has 0 bridgehead atoms. The maximum absolute atomic E-state index is 3.68. The molecule has 1 aromatic rings. The van der Waals surface area contributed by atoms with Crippen molar-refractivity contribution in [3.63, 3.8) is 0 Å². The first-order valence-electron chi connectivity index (χ1n) is 6.84. The predicted molar refractivity (Wildman–Crippen MR) is 82.8 cm³/mol. The molecule has 1 aromatic carbocycles. The number of rotatable bonds is 8. The van der Waals surface area contributed by atoms with Crippen LogP contribution >= 0.6 is 15.9 Å². The van der Waals surface area contributed by atoms with E-state index in [2.05, 4.69) is 65.2 Å². The molecule has 3 heteroatoms. The topological polar surface area (TPSA) is 15.3 Å². The normalized spacial score (nSPS) is 11.2. The Labute approximate surface area is 120 Å². The number of nitrogens with one attached hydrogen (secondary N) is 1. The van der Waals surface area contributed by atoms with Gasteiger partial charge in [0.25, 0.3) is 0 Å². The molecule has 2 nitrogen and oxygen atoms in total. The summed E-state index contributed by atoms with van der Waals surface area (Å²) < 4.78 is 1.22. The zero-order valence-corrected chi connectivity index (χ0v) is 13.4. The molecular weight excluding hydrogens is 288 g/mol. The van der Waals surface area contributed by atoms with Crippen LogP contribution in [0.5, 0.6) is 0 Å².